The largest absolute Gasteiger partial charge is 0.492 e. The lowest BCUT2D eigenvalue weighted by Gasteiger charge is -2.20. The van der Waals surface area contributed by atoms with E-state index >= 15 is 0 Å². The van der Waals surface area contributed by atoms with E-state index in [9.17, 15) is 0 Å². The zero-order chi connectivity index (χ0) is 23.5. The lowest BCUT2D eigenvalue weighted by Crippen LogP contribution is -2.30. The van der Waals surface area contributed by atoms with Crippen molar-refractivity contribution in [3.8, 4) is 11.5 Å². The van der Waals surface area contributed by atoms with Crippen molar-refractivity contribution in [1.29, 1.82) is 0 Å². The Balaban J connectivity index is 1.61. The minimum absolute atomic E-state index is 0.719. The highest BCUT2D eigenvalue weighted by molar-refractivity contribution is 6.07. The third kappa shape index (κ3) is 7.38. The van der Waals surface area contributed by atoms with Gasteiger partial charge in [0, 0.05) is 36.0 Å². The zero-order valence-corrected chi connectivity index (χ0v) is 21.2. The SMILES string of the molecule is CCCN(CCC)CCOc1ccc2c(c1)[nH]c1cc(OCCN(CCC)CCC)ccc12. The van der Waals surface area contributed by atoms with Crippen molar-refractivity contribution in [1.82, 2.24) is 14.8 Å². The minimum Gasteiger partial charge on any atom is -0.492 e. The van der Waals surface area contributed by atoms with Crippen LogP contribution in [0.25, 0.3) is 21.8 Å². The summed E-state index contributed by atoms with van der Waals surface area (Å²) >= 11 is 0. The molecule has 1 N–H and O–H groups in total. The van der Waals surface area contributed by atoms with E-state index in [1.54, 1.807) is 0 Å². The number of ether oxygens (including phenoxy) is 2. The van der Waals surface area contributed by atoms with Gasteiger partial charge in [0.2, 0.25) is 0 Å². The number of nitrogens with zero attached hydrogens (tertiary/aromatic N) is 2. The Morgan fingerprint density at radius 3 is 1.33 bits per heavy atom. The van der Waals surface area contributed by atoms with Crippen molar-refractivity contribution >= 4 is 21.8 Å². The molecule has 182 valence electrons. The molecule has 3 aromatic rings. The van der Waals surface area contributed by atoms with Crippen LogP contribution in [0, 0.1) is 0 Å². The topological polar surface area (TPSA) is 40.7 Å². The highest BCUT2D eigenvalue weighted by Gasteiger charge is 2.09. The molecule has 0 aliphatic carbocycles. The molecule has 0 unspecified atom stereocenters. The molecule has 5 heteroatoms. The average Bonchev–Trinajstić information content (AvgIpc) is 3.16. The Morgan fingerprint density at radius 1 is 0.576 bits per heavy atom. The van der Waals surface area contributed by atoms with Crippen LogP contribution in [0.3, 0.4) is 0 Å². The lowest BCUT2D eigenvalue weighted by molar-refractivity contribution is 0.209. The first-order chi connectivity index (χ1) is 16.2. The van der Waals surface area contributed by atoms with Crippen molar-refractivity contribution in [2.45, 2.75) is 53.4 Å². The van der Waals surface area contributed by atoms with Crippen LogP contribution < -0.4 is 9.47 Å². The molecule has 0 aliphatic rings. The maximum absolute atomic E-state index is 6.08. The second-order valence-electron chi connectivity index (χ2n) is 8.92. The van der Waals surface area contributed by atoms with Crippen LogP contribution in [0.15, 0.2) is 36.4 Å². The maximum atomic E-state index is 6.08. The molecular formula is C28H43N3O2. The quantitative estimate of drug-likeness (QED) is 0.275. The molecule has 0 saturated heterocycles. The van der Waals surface area contributed by atoms with Gasteiger partial charge in [-0.1, -0.05) is 27.7 Å². The Labute approximate surface area is 200 Å². The molecule has 0 radical (unpaired) electrons. The molecule has 0 fully saturated rings. The van der Waals surface area contributed by atoms with Crippen molar-refractivity contribution in [2.75, 3.05) is 52.5 Å². The molecule has 1 aromatic heterocycles. The molecular weight excluding hydrogens is 410 g/mol. The van der Waals surface area contributed by atoms with Gasteiger partial charge in [0.1, 0.15) is 24.7 Å². The fourth-order valence-electron chi connectivity index (χ4n) is 4.57. The number of H-pyrrole nitrogens is 1. The van der Waals surface area contributed by atoms with Gasteiger partial charge in [-0.05, 0) is 76.1 Å². The summed E-state index contributed by atoms with van der Waals surface area (Å²) in [7, 11) is 0. The van der Waals surface area contributed by atoms with Gasteiger partial charge in [-0.25, -0.2) is 0 Å². The van der Waals surface area contributed by atoms with Crippen LogP contribution >= 0.6 is 0 Å². The Morgan fingerprint density at radius 2 is 0.970 bits per heavy atom. The van der Waals surface area contributed by atoms with Crippen LogP contribution in [0.1, 0.15) is 53.4 Å². The van der Waals surface area contributed by atoms with E-state index < -0.39 is 0 Å². The van der Waals surface area contributed by atoms with Crippen molar-refractivity contribution in [3.05, 3.63) is 36.4 Å². The van der Waals surface area contributed by atoms with Gasteiger partial charge >= 0.3 is 0 Å². The third-order valence-corrected chi connectivity index (χ3v) is 6.05. The lowest BCUT2D eigenvalue weighted by atomic mass is 10.1. The Bertz CT molecular complexity index is 880. The van der Waals surface area contributed by atoms with Gasteiger partial charge in [0.05, 0.1) is 11.0 Å². The molecule has 0 bridgehead atoms. The van der Waals surface area contributed by atoms with E-state index in [1.807, 2.05) is 0 Å². The predicted octanol–water partition coefficient (Wildman–Crippen LogP) is 6.32. The number of rotatable bonds is 16. The molecule has 0 spiro atoms. The van der Waals surface area contributed by atoms with Gasteiger partial charge in [0.15, 0.2) is 0 Å². The summed E-state index contributed by atoms with van der Waals surface area (Å²) in [6, 6.07) is 12.7. The number of nitrogens with one attached hydrogen (secondary N) is 1. The summed E-state index contributed by atoms with van der Waals surface area (Å²) in [5.41, 5.74) is 2.21. The molecule has 0 aliphatic heterocycles. The predicted molar refractivity (Wildman–Crippen MR) is 141 cm³/mol. The van der Waals surface area contributed by atoms with Gasteiger partial charge in [0.25, 0.3) is 0 Å². The highest BCUT2D eigenvalue weighted by Crippen LogP contribution is 2.30. The Kier molecular flexibility index (Phi) is 10.4. The number of hydrogen-bond acceptors (Lipinski definition) is 4. The van der Waals surface area contributed by atoms with Gasteiger partial charge in [-0.3, -0.25) is 9.80 Å². The molecule has 0 amide bonds. The van der Waals surface area contributed by atoms with E-state index in [2.05, 4.69) is 78.9 Å². The highest BCUT2D eigenvalue weighted by atomic mass is 16.5. The smallest absolute Gasteiger partial charge is 0.121 e. The molecule has 1 heterocycles. The van der Waals surface area contributed by atoms with Gasteiger partial charge in [-0.15, -0.1) is 0 Å². The number of benzene rings is 2. The van der Waals surface area contributed by atoms with E-state index in [4.69, 9.17) is 9.47 Å². The molecule has 3 rings (SSSR count). The zero-order valence-electron chi connectivity index (χ0n) is 21.2. The van der Waals surface area contributed by atoms with Crippen LogP contribution in [0.2, 0.25) is 0 Å². The van der Waals surface area contributed by atoms with E-state index in [-0.39, 0.29) is 0 Å². The van der Waals surface area contributed by atoms with Gasteiger partial charge in [-0.2, -0.15) is 0 Å². The number of aromatic nitrogens is 1. The first-order valence-corrected chi connectivity index (χ1v) is 12.9. The summed E-state index contributed by atoms with van der Waals surface area (Å²) in [5, 5.41) is 2.44. The molecule has 2 aromatic carbocycles. The van der Waals surface area contributed by atoms with Crippen LogP contribution in [-0.4, -0.2) is 67.3 Å². The van der Waals surface area contributed by atoms with Crippen molar-refractivity contribution < 1.29 is 9.47 Å². The van der Waals surface area contributed by atoms with Crippen LogP contribution in [0.5, 0.6) is 11.5 Å². The Hall–Kier alpha value is -2.24. The first kappa shape index (κ1) is 25.4. The normalized spacial score (nSPS) is 11.8. The van der Waals surface area contributed by atoms with E-state index in [1.165, 1.54) is 36.5 Å². The summed E-state index contributed by atoms with van der Waals surface area (Å²) in [4.78, 5) is 8.52. The molecule has 0 atom stereocenters. The monoisotopic (exact) mass is 453 g/mol. The van der Waals surface area contributed by atoms with E-state index in [0.29, 0.717) is 0 Å². The number of fused-ring (bicyclic) bond motifs is 3. The first-order valence-electron chi connectivity index (χ1n) is 12.9. The summed E-state index contributed by atoms with van der Waals surface area (Å²) < 4.78 is 12.2. The van der Waals surface area contributed by atoms with Crippen LogP contribution in [-0.2, 0) is 0 Å². The standard InChI is InChI=1S/C28H43N3O2/c1-5-13-30(14-6-2)17-19-32-23-9-11-25-26-12-10-24(22-28(26)29-27(25)21-23)33-20-18-31(15-7-3)16-8-4/h9-12,21-22,29H,5-8,13-20H2,1-4H3. The second kappa shape index (κ2) is 13.5. The molecule has 0 saturated carbocycles. The maximum Gasteiger partial charge on any atom is 0.121 e. The van der Waals surface area contributed by atoms with E-state index in [0.717, 1.165) is 75.0 Å². The third-order valence-electron chi connectivity index (χ3n) is 6.05. The summed E-state index contributed by atoms with van der Waals surface area (Å²) in [6.45, 7) is 16.9. The van der Waals surface area contributed by atoms with Gasteiger partial charge < -0.3 is 14.5 Å². The summed E-state index contributed by atoms with van der Waals surface area (Å²) in [6.07, 6.45) is 4.73. The fraction of sp³-hybridized carbons (Fsp3) is 0.571. The van der Waals surface area contributed by atoms with Crippen LogP contribution in [0.4, 0.5) is 0 Å². The molecule has 33 heavy (non-hydrogen) atoms. The number of hydrogen-bond donors (Lipinski definition) is 1. The minimum atomic E-state index is 0.719. The second-order valence-corrected chi connectivity index (χ2v) is 8.92. The fourth-order valence-corrected chi connectivity index (χ4v) is 4.57. The number of aromatic amines is 1. The molecule has 5 nitrogen and oxygen atoms in total. The summed E-state index contributed by atoms with van der Waals surface area (Å²) in [5.74, 6) is 1.84. The van der Waals surface area contributed by atoms with Crippen molar-refractivity contribution in [2.24, 2.45) is 0 Å². The average molecular weight is 454 g/mol. The van der Waals surface area contributed by atoms with Crippen molar-refractivity contribution in [3.63, 3.8) is 0 Å².